The number of hydrogen-bond acceptors (Lipinski definition) is 5. The third-order valence-electron chi connectivity index (χ3n) is 4.52. The molecule has 4 rings (SSSR count). The molecular formula is C24H22N2O4S. The Bertz CT molecular complexity index is 1070. The molecule has 1 aliphatic heterocycles. The van der Waals surface area contributed by atoms with E-state index in [0.29, 0.717) is 42.5 Å². The number of carbonyl (C=O) groups is 2. The largest absolute Gasteiger partial charge is 0.486 e. The van der Waals surface area contributed by atoms with Gasteiger partial charge in [-0.3, -0.25) is 9.59 Å². The van der Waals surface area contributed by atoms with Crippen molar-refractivity contribution in [2.45, 2.75) is 11.3 Å². The number of amides is 2. The van der Waals surface area contributed by atoms with Gasteiger partial charge in [-0.2, -0.15) is 0 Å². The Morgan fingerprint density at radius 1 is 0.774 bits per heavy atom. The molecule has 0 atom stereocenters. The second-order valence-corrected chi connectivity index (χ2v) is 7.98. The van der Waals surface area contributed by atoms with Gasteiger partial charge in [0.05, 0.1) is 12.2 Å². The van der Waals surface area contributed by atoms with Crippen LogP contribution in [0, 0.1) is 0 Å². The summed E-state index contributed by atoms with van der Waals surface area (Å²) in [5, 5.41) is 5.78. The van der Waals surface area contributed by atoms with Gasteiger partial charge in [-0.25, -0.2) is 0 Å². The molecular weight excluding hydrogens is 412 g/mol. The van der Waals surface area contributed by atoms with Crippen LogP contribution in [0.5, 0.6) is 11.5 Å². The summed E-state index contributed by atoms with van der Waals surface area (Å²) in [6.45, 7) is 1.03. The van der Waals surface area contributed by atoms with E-state index >= 15 is 0 Å². The quantitative estimate of drug-likeness (QED) is 0.540. The molecule has 0 bridgehead atoms. The minimum Gasteiger partial charge on any atom is -0.486 e. The fourth-order valence-electron chi connectivity index (χ4n) is 3.12. The zero-order chi connectivity index (χ0) is 21.5. The number of ether oxygens (including phenoxy) is 2. The monoisotopic (exact) mass is 434 g/mol. The third kappa shape index (κ3) is 6.02. The zero-order valence-corrected chi connectivity index (χ0v) is 17.6. The van der Waals surface area contributed by atoms with E-state index in [1.807, 2.05) is 54.6 Å². The van der Waals surface area contributed by atoms with Crippen molar-refractivity contribution in [1.29, 1.82) is 0 Å². The molecule has 0 saturated heterocycles. The normalized spacial score (nSPS) is 12.1. The molecule has 1 heterocycles. The summed E-state index contributed by atoms with van der Waals surface area (Å²) in [5.74, 6) is 1.36. The first-order valence-corrected chi connectivity index (χ1v) is 10.9. The van der Waals surface area contributed by atoms with Crippen molar-refractivity contribution < 1.29 is 19.1 Å². The Morgan fingerprint density at radius 2 is 1.52 bits per heavy atom. The molecule has 2 N–H and O–H groups in total. The summed E-state index contributed by atoms with van der Waals surface area (Å²) in [6.07, 6.45) is 0.316. The SMILES string of the molecule is O=C(CSc1cccc(NC(=O)Cc2ccccc2)c1)Nc1ccc2c(c1)OCCO2. The smallest absolute Gasteiger partial charge is 0.234 e. The van der Waals surface area contributed by atoms with E-state index in [4.69, 9.17) is 9.47 Å². The summed E-state index contributed by atoms with van der Waals surface area (Å²) in [4.78, 5) is 25.5. The van der Waals surface area contributed by atoms with Gasteiger partial charge in [-0.15, -0.1) is 11.8 Å². The van der Waals surface area contributed by atoms with E-state index < -0.39 is 0 Å². The number of hydrogen-bond donors (Lipinski definition) is 2. The van der Waals surface area contributed by atoms with Crippen LogP contribution in [0.1, 0.15) is 5.56 Å². The number of carbonyl (C=O) groups excluding carboxylic acids is 2. The summed E-state index contributed by atoms with van der Waals surface area (Å²) in [6, 6.07) is 22.4. The number of rotatable bonds is 7. The van der Waals surface area contributed by atoms with Crippen molar-refractivity contribution in [1.82, 2.24) is 0 Å². The van der Waals surface area contributed by atoms with Crippen molar-refractivity contribution in [3.8, 4) is 11.5 Å². The Kier molecular flexibility index (Phi) is 6.74. The summed E-state index contributed by atoms with van der Waals surface area (Å²) < 4.78 is 11.0. The molecule has 0 radical (unpaired) electrons. The van der Waals surface area contributed by atoms with Crippen molar-refractivity contribution in [3.05, 3.63) is 78.4 Å². The predicted octanol–water partition coefficient (Wildman–Crippen LogP) is 4.37. The summed E-state index contributed by atoms with van der Waals surface area (Å²) in [5.41, 5.74) is 2.33. The first-order valence-electron chi connectivity index (χ1n) is 9.92. The van der Waals surface area contributed by atoms with Crippen molar-refractivity contribution in [3.63, 3.8) is 0 Å². The molecule has 2 amide bonds. The first-order chi connectivity index (χ1) is 15.2. The number of fused-ring (bicyclic) bond motifs is 1. The van der Waals surface area contributed by atoms with Gasteiger partial charge >= 0.3 is 0 Å². The number of benzene rings is 3. The highest BCUT2D eigenvalue weighted by Crippen LogP contribution is 2.32. The Labute approximate surface area is 185 Å². The average Bonchev–Trinajstić information content (AvgIpc) is 2.78. The fourth-order valence-corrected chi connectivity index (χ4v) is 3.87. The van der Waals surface area contributed by atoms with Gasteiger partial charge < -0.3 is 20.1 Å². The second kappa shape index (κ2) is 10.0. The average molecular weight is 435 g/mol. The summed E-state index contributed by atoms with van der Waals surface area (Å²) in [7, 11) is 0. The molecule has 3 aromatic carbocycles. The van der Waals surface area contributed by atoms with Crippen molar-refractivity contribution in [2.24, 2.45) is 0 Å². The molecule has 1 aliphatic rings. The van der Waals surface area contributed by atoms with Crippen LogP contribution in [-0.4, -0.2) is 30.8 Å². The molecule has 0 fully saturated rings. The molecule has 0 spiro atoms. The molecule has 6 nitrogen and oxygen atoms in total. The second-order valence-electron chi connectivity index (χ2n) is 6.93. The zero-order valence-electron chi connectivity index (χ0n) is 16.8. The molecule has 31 heavy (non-hydrogen) atoms. The lowest BCUT2D eigenvalue weighted by Crippen LogP contribution is -2.17. The molecule has 0 saturated carbocycles. The maximum atomic E-state index is 12.3. The van der Waals surface area contributed by atoms with Gasteiger partial charge in [0.15, 0.2) is 11.5 Å². The van der Waals surface area contributed by atoms with Crippen molar-refractivity contribution in [2.75, 3.05) is 29.6 Å². The van der Waals surface area contributed by atoms with E-state index in [0.717, 1.165) is 10.5 Å². The van der Waals surface area contributed by atoms with E-state index in [1.54, 1.807) is 18.2 Å². The number of nitrogens with one attached hydrogen (secondary N) is 2. The van der Waals surface area contributed by atoms with Crippen LogP contribution >= 0.6 is 11.8 Å². The Hall–Kier alpha value is -3.45. The first kappa shape index (κ1) is 20.8. The fraction of sp³-hybridized carbons (Fsp3) is 0.167. The van der Waals surface area contributed by atoms with Crippen LogP contribution < -0.4 is 20.1 Å². The van der Waals surface area contributed by atoms with Crippen LogP contribution in [0.15, 0.2) is 77.7 Å². The van der Waals surface area contributed by atoms with Crippen LogP contribution in [0.25, 0.3) is 0 Å². The predicted molar refractivity (Wildman–Crippen MR) is 122 cm³/mol. The molecule has 7 heteroatoms. The summed E-state index contributed by atoms with van der Waals surface area (Å²) >= 11 is 1.40. The Morgan fingerprint density at radius 3 is 2.35 bits per heavy atom. The molecule has 0 unspecified atom stereocenters. The lowest BCUT2D eigenvalue weighted by molar-refractivity contribution is -0.115. The Balaban J connectivity index is 1.28. The van der Waals surface area contributed by atoms with E-state index in [-0.39, 0.29) is 17.6 Å². The van der Waals surface area contributed by atoms with Gasteiger partial charge in [-0.1, -0.05) is 36.4 Å². The van der Waals surface area contributed by atoms with E-state index in [9.17, 15) is 9.59 Å². The lowest BCUT2D eigenvalue weighted by atomic mass is 10.1. The van der Waals surface area contributed by atoms with Crippen LogP contribution in [-0.2, 0) is 16.0 Å². The van der Waals surface area contributed by atoms with Gasteiger partial charge in [0.2, 0.25) is 11.8 Å². The molecule has 0 aromatic heterocycles. The van der Waals surface area contributed by atoms with Crippen LogP contribution in [0.4, 0.5) is 11.4 Å². The minimum atomic E-state index is -0.125. The standard InChI is InChI=1S/C24H22N2O4S/c27-23(13-17-5-2-1-3-6-17)25-18-7-4-8-20(14-18)31-16-24(28)26-19-9-10-21-22(15-19)30-12-11-29-21/h1-10,14-15H,11-13,16H2,(H,25,27)(H,26,28). The highest BCUT2D eigenvalue weighted by Gasteiger charge is 2.13. The van der Waals surface area contributed by atoms with Gasteiger partial charge in [0.25, 0.3) is 0 Å². The van der Waals surface area contributed by atoms with Gasteiger partial charge in [0, 0.05) is 22.3 Å². The van der Waals surface area contributed by atoms with E-state index in [1.165, 1.54) is 11.8 Å². The van der Waals surface area contributed by atoms with Crippen LogP contribution in [0.2, 0.25) is 0 Å². The minimum absolute atomic E-state index is 0.0790. The van der Waals surface area contributed by atoms with Gasteiger partial charge in [-0.05, 0) is 35.9 Å². The molecule has 3 aromatic rings. The third-order valence-corrected chi connectivity index (χ3v) is 5.51. The number of anilines is 2. The van der Waals surface area contributed by atoms with Crippen LogP contribution in [0.3, 0.4) is 0 Å². The molecule has 158 valence electrons. The maximum Gasteiger partial charge on any atom is 0.234 e. The van der Waals surface area contributed by atoms with Crippen molar-refractivity contribution >= 4 is 35.0 Å². The van der Waals surface area contributed by atoms with Gasteiger partial charge in [0.1, 0.15) is 13.2 Å². The number of thioether (sulfide) groups is 1. The maximum absolute atomic E-state index is 12.3. The van der Waals surface area contributed by atoms with E-state index in [2.05, 4.69) is 10.6 Å². The lowest BCUT2D eigenvalue weighted by Gasteiger charge is -2.19. The highest BCUT2D eigenvalue weighted by atomic mass is 32.2. The topological polar surface area (TPSA) is 76.7 Å². The highest BCUT2D eigenvalue weighted by molar-refractivity contribution is 8.00. The molecule has 0 aliphatic carbocycles.